The van der Waals surface area contributed by atoms with Gasteiger partial charge in [-0.2, -0.15) is 0 Å². The van der Waals surface area contributed by atoms with E-state index in [1.807, 2.05) is 20.8 Å². The molecule has 4 heteroatoms. The summed E-state index contributed by atoms with van der Waals surface area (Å²) in [5.41, 5.74) is -1.00. The highest BCUT2D eigenvalue weighted by Gasteiger charge is 2.40. The van der Waals surface area contributed by atoms with Gasteiger partial charge < -0.3 is 9.47 Å². The van der Waals surface area contributed by atoms with Gasteiger partial charge in [0.1, 0.15) is 11.2 Å². The SMILES string of the molecule is C=CC[C@@H](CC1(OC=O)CCCC1)C(=O)OC(C)(C)C. The minimum Gasteiger partial charge on any atom is -0.461 e. The predicted octanol–water partition coefficient (Wildman–Crippen LogP) is 3.40. The van der Waals surface area contributed by atoms with Gasteiger partial charge in [0.15, 0.2) is 0 Å². The zero-order valence-corrected chi connectivity index (χ0v) is 12.8. The summed E-state index contributed by atoms with van der Waals surface area (Å²) < 4.78 is 10.8. The van der Waals surface area contributed by atoms with Crippen molar-refractivity contribution >= 4 is 12.4 Å². The van der Waals surface area contributed by atoms with E-state index < -0.39 is 11.2 Å². The van der Waals surface area contributed by atoms with Gasteiger partial charge in [-0.05, 0) is 52.9 Å². The Kier molecular flexibility index (Phi) is 5.78. The van der Waals surface area contributed by atoms with Crippen LogP contribution < -0.4 is 0 Å². The summed E-state index contributed by atoms with van der Waals surface area (Å²) in [5.74, 6) is -0.539. The first kappa shape index (κ1) is 16.7. The van der Waals surface area contributed by atoms with Crippen molar-refractivity contribution in [2.75, 3.05) is 0 Å². The van der Waals surface area contributed by atoms with E-state index in [2.05, 4.69) is 6.58 Å². The van der Waals surface area contributed by atoms with Crippen LogP contribution in [0.5, 0.6) is 0 Å². The zero-order chi connectivity index (χ0) is 15.2. The summed E-state index contributed by atoms with van der Waals surface area (Å²) in [6.07, 6.45) is 6.49. The van der Waals surface area contributed by atoms with E-state index in [9.17, 15) is 9.59 Å². The molecule has 0 N–H and O–H groups in total. The van der Waals surface area contributed by atoms with Crippen LogP contribution in [0.1, 0.15) is 59.3 Å². The monoisotopic (exact) mass is 282 g/mol. The third-order valence-electron chi connectivity index (χ3n) is 3.62. The van der Waals surface area contributed by atoms with Gasteiger partial charge in [-0.3, -0.25) is 9.59 Å². The Morgan fingerprint density at radius 3 is 2.40 bits per heavy atom. The highest BCUT2D eigenvalue weighted by Crippen LogP contribution is 2.39. The number of hydrogen-bond donors (Lipinski definition) is 0. The second-order valence-electron chi connectivity index (χ2n) is 6.56. The van der Waals surface area contributed by atoms with E-state index in [4.69, 9.17) is 9.47 Å². The molecular weight excluding hydrogens is 256 g/mol. The van der Waals surface area contributed by atoms with Gasteiger partial charge in [-0.15, -0.1) is 6.58 Å². The third kappa shape index (κ3) is 4.99. The van der Waals surface area contributed by atoms with Crippen LogP contribution in [0.3, 0.4) is 0 Å². The van der Waals surface area contributed by atoms with E-state index in [0.29, 0.717) is 19.3 Å². The summed E-state index contributed by atoms with van der Waals surface area (Å²) in [6.45, 7) is 9.76. The fourth-order valence-electron chi connectivity index (χ4n) is 2.79. The number of rotatable bonds is 7. The van der Waals surface area contributed by atoms with Gasteiger partial charge in [0.25, 0.3) is 6.47 Å². The van der Waals surface area contributed by atoms with Crippen LogP contribution in [0, 0.1) is 5.92 Å². The Morgan fingerprint density at radius 2 is 1.95 bits per heavy atom. The lowest BCUT2D eigenvalue weighted by atomic mass is 9.87. The molecule has 0 aromatic rings. The Balaban J connectivity index is 2.76. The first-order valence-electron chi connectivity index (χ1n) is 7.27. The summed E-state index contributed by atoms with van der Waals surface area (Å²) in [6, 6.07) is 0. The fraction of sp³-hybridized carbons (Fsp3) is 0.750. The maximum Gasteiger partial charge on any atom is 0.309 e. The smallest absolute Gasteiger partial charge is 0.309 e. The van der Waals surface area contributed by atoms with Crippen molar-refractivity contribution in [2.24, 2.45) is 5.92 Å². The Hall–Kier alpha value is -1.32. The summed E-state index contributed by atoms with van der Waals surface area (Å²) in [4.78, 5) is 23.0. The molecule has 0 saturated heterocycles. The average molecular weight is 282 g/mol. The molecule has 0 aliphatic heterocycles. The topological polar surface area (TPSA) is 52.6 Å². The van der Waals surface area contributed by atoms with Crippen LogP contribution in [0.4, 0.5) is 0 Å². The lowest BCUT2D eigenvalue weighted by molar-refractivity contribution is -0.165. The van der Waals surface area contributed by atoms with Crippen LogP contribution in [-0.2, 0) is 19.1 Å². The molecule has 0 unspecified atom stereocenters. The molecule has 0 aromatic heterocycles. The molecule has 0 heterocycles. The Labute approximate surface area is 121 Å². The van der Waals surface area contributed by atoms with Gasteiger partial charge in [0.2, 0.25) is 0 Å². The van der Waals surface area contributed by atoms with Gasteiger partial charge in [-0.1, -0.05) is 6.08 Å². The van der Waals surface area contributed by atoms with Crippen LogP contribution >= 0.6 is 0 Å². The highest BCUT2D eigenvalue weighted by molar-refractivity contribution is 5.73. The molecule has 20 heavy (non-hydrogen) atoms. The highest BCUT2D eigenvalue weighted by atomic mass is 16.6. The van der Waals surface area contributed by atoms with Gasteiger partial charge in [0, 0.05) is 6.42 Å². The van der Waals surface area contributed by atoms with Gasteiger partial charge >= 0.3 is 5.97 Å². The molecule has 1 saturated carbocycles. The van der Waals surface area contributed by atoms with E-state index in [1.165, 1.54) is 0 Å². The van der Waals surface area contributed by atoms with Crippen molar-refractivity contribution in [1.29, 1.82) is 0 Å². The Bertz CT molecular complexity index is 348. The largest absolute Gasteiger partial charge is 0.461 e. The number of esters is 1. The molecule has 1 rings (SSSR count). The van der Waals surface area contributed by atoms with Crippen molar-refractivity contribution in [3.05, 3.63) is 12.7 Å². The molecular formula is C16H26O4. The second-order valence-corrected chi connectivity index (χ2v) is 6.56. The maximum atomic E-state index is 12.3. The predicted molar refractivity (Wildman–Crippen MR) is 77.1 cm³/mol. The van der Waals surface area contributed by atoms with Crippen LogP contribution in [0.15, 0.2) is 12.7 Å². The molecule has 0 bridgehead atoms. The second kappa shape index (κ2) is 6.91. The Morgan fingerprint density at radius 1 is 1.35 bits per heavy atom. The number of hydrogen-bond acceptors (Lipinski definition) is 4. The quantitative estimate of drug-likeness (QED) is 0.408. The molecule has 0 spiro atoms. The van der Waals surface area contributed by atoms with Crippen LogP contribution in [0.2, 0.25) is 0 Å². The lowest BCUT2D eigenvalue weighted by Crippen LogP contribution is -2.36. The molecule has 1 aliphatic rings. The standard InChI is InChI=1S/C16H26O4/c1-5-8-13(14(18)20-15(2,3)4)11-16(19-12-17)9-6-7-10-16/h5,12-13H,1,6-11H2,2-4H3/t13-/m0/s1. The van der Waals surface area contributed by atoms with Crippen LogP contribution in [0.25, 0.3) is 0 Å². The fourth-order valence-corrected chi connectivity index (χ4v) is 2.79. The van der Waals surface area contributed by atoms with E-state index in [-0.39, 0.29) is 11.9 Å². The molecule has 1 aliphatic carbocycles. The normalized spacial score (nSPS) is 19.1. The van der Waals surface area contributed by atoms with E-state index in [1.54, 1.807) is 6.08 Å². The first-order valence-corrected chi connectivity index (χ1v) is 7.27. The average Bonchev–Trinajstić information content (AvgIpc) is 2.75. The number of allylic oxidation sites excluding steroid dienone is 1. The molecule has 4 nitrogen and oxygen atoms in total. The van der Waals surface area contributed by atoms with E-state index in [0.717, 1.165) is 25.7 Å². The minimum absolute atomic E-state index is 0.238. The van der Waals surface area contributed by atoms with Gasteiger partial charge in [-0.25, -0.2) is 0 Å². The van der Waals surface area contributed by atoms with Crippen molar-refractivity contribution in [3.63, 3.8) is 0 Å². The third-order valence-corrected chi connectivity index (χ3v) is 3.62. The zero-order valence-electron chi connectivity index (χ0n) is 12.8. The lowest BCUT2D eigenvalue weighted by Gasteiger charge is -2.31. The molecule has 1 atom stereocenters. The molecule has 0 amide bonds. The van der Waals surface area contributed by atoms with Crippen molar-refractivity contribution in [3.8, 4) is 0 Å². The number of ether oxygens (including phenoxy) is 2. The maximum absolute atomic E-state index is 12.3. The number of carbonyl (C=O) groups is 2. The first-order chi connectivity index (χ1) is 9.32. The molecule has 1 fully saturated rings. The van der Waals surface area contributed by atoms with Crippen molar-refractivity contribution < 1.29 is 19.1 Å². The van der Waals surface area contributed by atoms with Gasteiger partial charge in [0.05, 0.1) is 5.92 Å². The number of carbonyl (C=O) groups excluding carboxylic acids is 2. The summed E-state index contributed by atoms with van der Waals surface area (Å²) >= 11 is 0. The molecule has 114 valence electrons. The molecule has 0 aromatic carbocycles. The van der Waals surface area contributed by atoms with Crippen molar-refractivity contribution in [2.45, 2.75) is 70.5 Å². The van der Waals surface area contributed by atoms with Crippen LogP contribution in [-0.4, -0.2) is 23.6 Å². The summed E-state index contributed by atoms with van der Waals surface area (Å²) in [5, 5.41) is 0. The van der Waals surface area contributed by atoms with Crippen molar-refractivity contribution in [1.82, 2.24) is 0 Å². The van der Waals surface area contributed by atoms with E-state index >= 15 is 0 Å². The summed E-state index contributed by atoms with van der Waals surface area (Å²) in [7, 11) is 0. The minimum atomic E-state index is -0.509. The molecule has 0 radical (unpaired) electrons.